The van der Waals surface area contributed by atoms with Crippen LogP contribution < -0.4 is 5.73 Å². The number of ether oxygens (including phenoxy) is 1. The standard InChI is InChI=1S/C13H27NO2/c1-13(15,11-14)8-4-5-9-16-10-12-6-2-3-7-12/h12,15H,2-11,14H2,1H3. The lowest BCUT2D eigenvalue weighted by Gasteiger charge is -2.20. The minimum absolute atomic E-state index is 0.343. The van der Waals surface area contributed by atoms with Gasteiger partial charge in [0.05, 0.1) is 5.60 Å². The van der Waals surface area contributed by atoms with Crippen LogP contribution in [0.4, 0.5) is 0 Å². The normalized spacial score (nSPS) is 21.2. The molecule has 16 heavy (non-hydrogen) atoms. The van der Waals surface area contributed by atoms with Crippen molar-refractivity contribution < 1.29 is 9.84 Å². The highest BCUT2D eigenvalue weighted by Crippen LogP contribution is 2.24. The van der Waals surface area contributed by atoms with Crippen LogP contribution in [0.2, 0.25) is 0 Å². The summed E-state index contributed by atoms with van der Waals surface area (Å²) in [7, 11) is 0. The van der Waals surface area contributed by atoms with E-state index < -0.39 is 5.60 Å². The molecule has 1 aliphatic rings. The average Bonchev–Trinajstić information content (AvgIpc) is 2.76. The molecule has 0 aromatic rings. The molecule has 0 bridgehead atoms. The van der Waals surface area contributed by atoms with E-state index in [0.29, 0.717) is 6.54 Å². The fourth-order valence-corrected chi connectivity index (χ4v) is 2.24. The average molecular weight is 229 g/mol. The van der Waals surface area contributed by atoms with Gasteiger partial charge in [-0.05, 0) is 44.9 Å². The Labute approximate surface area is 99.4 Å². The molecule has 3 heteroatoms. The summed E-state index contributed by atoms with van der Waals surface area (Å²) in [5.74, 6) is 0.812. The number of hydrogen-bond acceptors (Lipinski definition) is 3. The molecule has 1 saturated carbocycles. The van der Waals surface area contributed by atoms with E-state index in [1.165, 1.54) is 25.7 Å². The maximum atomic E-state index is 9.69. The quantitative estimate of drug-likeness (QED) is 0.626. The van der Waals surface area contributed by atoms with Crippen molar-refractivity contribution in [2.75, 3.05) is 19.8 Å². The summed E-state index contributed by atoms with van der Waals surface area (Å²) in [4.78, 5) is 0. The maximum Gasteiger partial charge on any atom is 0.0741 e. The van der Waals surface area contributed by atoms with E-state index in [1.807, 2.05) is 0 Å². The van der Waals surface area contributed by atoms with E-state index in [0.717, 1.165) is 38.4 Å². The molecule has 0 aromatic heterocycles. The van der Waals surface area contributed by atoms with Gasteiger partial charge < -0.3 is 15.6 Å². The van der Waals surface area contributed by atoms with Gasteiger partial charge in [0.25, 0.3) is 0 Å². The number of rotatable bonds is 8. The molecule has 0 spiro atoms. The fraction of sp³-hybridized carbons (Fsp3) is 1.00. The van der Waals surface area contributed by atoms with Crippen molar-refractivity contribution in [2.45, 2.75) is 57.5 Å². The Kier molecular flexibility index (Phi) is 6.32. The van der Waals surface area contributed by atoms with Crippen molar-refractivity contribution in [2.24, 2.45) is 11.7 Å². The topological polar surface area (TPSA) is 55.5 Å². The lowest BCUT2D eigenvalue weighted by Crippen LogP contribution is -2.33. The molecule has 0 aromatic carbocycles. The highest BCUT2D eigenvalue weighted by Gasteiger charge is 2.17. The van der Waals surface area contributed by atoms with E-state index in [2.05, 4.69) is 0 Å². The van der Waals surface area contributed by atoms with Crippen LogP contribution in [0.1, 0.15) is 51.9 Å². The number of nitrogens with two attached hydrogens (primary N) is 1. The zero-order valence-electron chi connectivity index (χ0n) is 10.6. The summed E-state index contributed by atoms with van der Waals surface area (Å²) < 4.78 is 5.65. The van der Waals surface area contributed by atoms with Crippen LogP contribution in [0.3, 0.4) is 0 Å². The largest absolute Gasteiger partial charge is 0.389 e. The van der Waals surface area contributed by atoms with Crippen molar-refractivity contribution in [3.8, 4) is 0 Å². The van der Waals surface area contributed by atoms with Gasteiger partial charge in [-0.1, -0.05) is 12.8 Å². The second kappa shape index (κ2) is 7.25. The van der Waals surface area contributed by atoms with Crippen molar-refractivity contribution in [1.29, 1.82) is 0 Å². The summed E-state index contributed by atoms with van der Waals surface area (Å²) >= 11 is 0. The van der Waals surface area contributed by atoms with Gasteiger partial charge in [-0.15, -0.1) is 0 Å². The first-order valence-electron chi connectivity index (χ1n) is 6.64. The van der Waals surface area contributed by atoms with E-state index >= 15 is 0 Å². The highest BCUT2D eigenvalue weighted by atomic mass is 16.5. The first kappa shape index (κ1) is 13.9. The Morgan fingerprint density at radius 2 is 2.00 bits per heavy atom. The summed E-state index contributed by atoms with van der Waals surface area (Å²) in [5.41, 5.74) is 4.76. The molecule has 96 valence electrons. The molecule has 1 rings (SSSR count). The SMILES string of the molecule is CC(O)(CN)CCCCOCC1CCCC1. The Hall–Kier alpha value is -0.120. The molecule has 0 heterocycles. The summed E-state index contributed by atoms with van der Waals surface area (Å²) in [5, 5.41) is 9.69. The minimum Gasteiger partial charge on any atom is -0.389 e. The van der Waals surface area contributed by atoms with Crippen LogP contribution in [0, 0.1) is 5.92 Å². The monoisotopic (exact) mass is 229 g/mol. The molecular weight excluding hydrogens is 202 g/mol. The molecule has 3 N–H and O–H groups in total. The lowest BCUT2D eigenvalue weighted by molar-refractivity contribution is 0.0506. The van der Waals surface area contributed by atoms with Gasteiger partial charge in [0, 0.05) is 19.8 Å². The molecular formula is C13H27NO2. The van der Waals surface area contributed by atoms with E-state index in [9.17, 15) is 5.11 Å². The second-order valence-corrected chi connectivity index (χ2v) is 5.38. The van der Waals surface area contributed by atoms with Crippen LogP contribution in [0.25, 0.3) is 0 Å². The maximum absolute atomic E-state index is 9.69. The molecule has 0 aliphatic heterocycles. The molecule has 1 fully saturated rings. The van der Waals surface area contributed by atoms with Crippen LogP contribution in [0.5, 0.6) is 0 Å². The van der Waals surface area contributed by atoms with Crippen LogP contribution in [-0.2, 0) is 4.74 Å². The van der Waals surface area contributed by atoms with Gasteiger partial charge in [0.1, 0.15) is 0 Å². The van der Waals surface area contributed by atoms with E-state index in [4.69, 9.17) is 10.5 Å². The predicted molar refractivity (Wildman–Crippen MR) is 66.3 cm³/mol. The van der Waals surface area contributed by atoms with E-state index in [-0.39, 0.29) is 0 Å². The highest BCUT2D eigenvalue weighted by molar-refractivity contribution is 4.72. The third-order valence-electron chi connectivity index (χ3n) is 3.52. The van der Waals surface area contributed by atoms with Crippen LogP contribution in [-0.4, -0.2) is 30.5 Å². The predicted octanol–water partition coefficient (Wildman–Crippen LogP) is 2.07. The van der Waals surface area contributed by atoms with Crippen molar-refractivity contribution in [1.82, 2.24) is 0 Å². The number of aliphatic hydroxyl groups is 1. The van der Waals surface area contributed by atoms with E-state index in [1.54, 1.807) is 6.92 Å². The number of unbranched alkanes of at least 4 members (excludes halogenated alkanes) is 1. The minimum atomic E-state index is -0.689. The van der Waals surface area contributed by atoms with Gasteiger partial charge >= 0.3 is 0 Å². The Morgan fingerprint density at radius 1 is 1.31 bits per heavy atom. The van der Waals surface area contributed by atoms with Crippen LogP contribution in [0.15, 0.2) is 0 Å². The third-order valence-corrected chi connectivity index (χ3v) is 3.52. The smallest absolute Gasteiger partial charge is 0.0741 e. The Balaban J connectivity index is 1.88. The zero-order chi connectivity index (χ0) is 11.9. The zero-order valence-corrected chi connectivity index (χ0v) is 10.6. The molecule has 0 amide bonds. The van der Waals surface area contributed by atoms with Gasteiger partial charge in [0.2, 0.25) is 0 Å². The van der Waals surface area contributed by atoms with Crippen molar-refractivity contribution in [3.05, 3.63) is 0 Å². The first-order valence-corrected chi connectivity index (χ1v) is 6.64. The Morgan fingerprint density at radius 3 is 2.62 bits per heavy atom. The Bertz CT molecular complexity index is 177. The fourth-order valence-electron chi connectivity index (χ4n) is 2.24. The molecule has 1 aliphatic carbocycles. The van der Waals surface area contributed by atoms with Gasteiger partial charge in [-0.3, -0.25) is 0 Å². The van der Waals surface area contributed by atoms with Gasteiger partial charge in [-0.25, -0.2) is 0 Å². The third kappa shape index (κ3) is 5.83. The van der Waals surface area contributed by atoms with Gasteiger partial charge in [0.15, 0.2) is 0 Å². The molecule has 0 saturated heterocycles. The van der Waals surface area contributed by atoms with Crippen LogP contribution >= 0.6 is 0 Å². The second-order valence-electron chi connectivity index (χ2n) is 5.38. The summed E-state index contributed by atoms with van der Waals surface area (Å²) in [6.07, 6.45) is 8.26. The van der Waals surface area contributed by atoms with Crippen molar-refractivity contribution in [3.63, 3.8) is 0 Å². The first-order chi connectivity index (χ1) is 7.64. The summed E-state index contributed by atoms with van der Waals surface area (Å²) in [6, 6.07) is 0. The molecule has 1 atom stereocenters. The number of hydrogen-bond donors (Lipinski definition) is 2. The molecule has 0 radical (unpaired) electrons. The molecule has 3 nitrogen and oxygen atoms in total. The van der Waals surface area contributed by atoms with Gasteiger partial charge in [-0.2, -0.15) is 0 Å². The lowest BCUT2D eigenvalue weighted by atomic mass is 10.00. The van der Waals surface area contributed by atoms with Crippen molar-refractivity contribution >= 4 is 0 Å². The molecule has 1 unspecified atom stereocenters. The summed E-state index contributed by atoms with van der Waals surface area (Å²) in [6.45, 7) is 3.91.